The Bertz CT molecular complexity index is 774. The summed E-state index contributed by atoms with van der Waals surface area (Å²) < 4.78 is 0. The number of hydrogen-bond acceptors (Lipinski definition) is 4. The van der Waals surface area contributed by atoms with Crippen LogP contribution in [-0.4, -0.2) is 34.6 Å². The molecule has 4 N–H and O–H groups in total. The number of carbonyl (C=O) groups is 3. The van der Waals surface area contributed by atoms with E-state index < -0.39 is 24.4 Å². The van der Waals surface area contributed by atoms with Crippen molar-refractivity contribution < 1.29 is 24.6 Å². The normalized spacial score (nSPS) is 10.2. The van der Waals surface area contributed by atoms with Crippen LogP contribution in [0.15, 0.2) is 48.5 Å². The van der Waals surface area contributed by atoms with Gasteiger partial charge in [0.2, 0.25) is 0 Å². The summed E-state index contributed by atoms with van der Waals surface area (Å²) in [6.45, 7) is -0.597. The Balaban J connectivity index is 2.47. The van der Waals surface area contributed by atoms with E-state index in [1.54, 1.807) is 30.3 Å². The fourth-order valence-electron chi connectivity index (χ4n) is 2.28. The third kappa shape index (κ3) is 3.76. The van der Waals surface area contributed by atoms with Crippen LogP contribution in [0.4, 0.5) is 5.69 Å². The summed E-state index contributed by atoms with van der Waals surface area (Å²) in [6.07, 6.45) is 0. The van der Waals surface area contributed by atoms with Crippen LogP contribution in [0.3, 0.4) is 0 Å². The lowest BCUT2D eigenvalue weighted by molar-refractivity contribution is -0.135. The number of rotatable bonds is 6. The monoisotopic (exact) mass is 328 g/mol. The Kier molecular flexibility index (Phi) is 5.28. The summed E-state index contributed by atoms with van der Waals surface area (Å²) in [5, 5.41) is 18.2. The first-order valence-corrected chi connectivity index (χ1v) is 7.09. The zero-order valence-electron chi connectivity index (χ0n) is 12.7. The smallest absolute Gasteiger partial charge is 0.336 e. The summed E-state index contributed by atoms with van der Waals surface area (Å²) in [7, 11) is 0. The zero-order chi connectivity index (χ0) is 17.7. The Morgan fingerprint density at radius 1 is 1.00 bits per heavy atom. The lowest BCUT2D eigenvalue weighted by atomic mass is 10.1. The van der Waals surface area contributed by atoms with Crippen LogP contribution in [0, 0.1) is 0 Å². The second-order valence-electron chi connectivity index (χ2n) is 5.00. The molecule has 0 aliphatic heterocycles. The highest BCUT2D eigenvalue weighted by atomic mass is 16.4. The topological polar surface area (TPSA) is 121 Å². The molecule has 0 aliphatic rings. The van der Waals surface area contributed by atoms with Crippen LogP contribution in [-0.2, 0) is 11.3 Å². The molecule has 0 atom stereocenters. The van der Waals surface area contributed by atoms with Crippen LogP contribution in [0.1, 0.15) is 26.3 Å². The van der Waals surface area contributed by atoms with Crippen LogP contribution >= 0.6 is 0 Å². The van der Waals surface area contributed by atoms with Gasteiger partial charge in [0.1, 0.15) is 6.54 Å². The molecule has 7 nitrogen and oxygen atoms in total. The molecule has 0 saturated heterocycles. The number of aromatic carboxylic acids is 1. The Morgan fingerprint density at radius 3 is 2.21 bits per heavy atom. The van der Waals surface area contributed by atoms with Gasteiger partial charge in [-0.25, -0.2) is 4.79 Å². The van der Waals surface area contributed by atoms with Gasteiger partial charge in [0.25, 0.3) is 5.91 Å². The molecule has 0 bridgehead atoms. The molecule has 0 aromatic heterocycles. The van der Waals surface area contributed by atoms with Crippen molar-refractivity contribution in [3.05, 3.63) is 65.2 Å². The molecule has 0 heterocycles. The van der Waals surface area contributed by atoms with Crippen molar-refractivity contribution >= 4 is 23.5 Å². The minimum atomic E-state index is -1.18. The minimum absolute atomic E-state index is 0.0173. The van der Waals surface area contributed by atoms with Crippen LogP contribution in [0.25, 0.3) is 0 Å². The number of benzene rings is 2. The molecule has 24 heavy (non-hydrogen) atoms. The molecule has 124 valence electrons. The number of nitrogens with two attached hydrogens (primary N) is 1. The number of nitrogens with zero attached hydrogens (tertiary/aromatic N) is 1. The maximum atomic E-state index is 12.6. The lowest BCUT2D eigenvalue weighted by Gasteiger charge is -2.22. The summed E-state index contributed by atoms with van der Waals surface area (Å²) in [4.78, 5) is 36.0. The highest BCUT2D eigenvalue weighted by Gasteiger charge is 2.22. The third-order valence-electron chi connectivity index (χ3n) is 3.41. The number of aliphatic carboxylic acids is 1. The number of anilines is 1. The Labute approximate surface area is 137 Å². The van der Waals surface area contributed by atoms with Gasteiger partial charge in [-0.05, 0) is 35.9 Å². The largest absolute Gasteiger partial charge is 0.480 e. The van der Waals surface area contributed by atoms with E-state index in [1.165, 1.54) is 18.2 Å². The maximum Gasteiger partial charge on any atom is 0.336 e. The van der Waals surface area contributed by atoms with Crippen molar-refractivity contribution in [1.29, 1.82) is 0 Å². The summed E-state index contributed by atoms with van der Waals surface area (Å²) in [5.41, 5.74) is 6.50. The molecular weight excluding hydrogens is 312 g/mol. The van der Waals surface area contributed by atoms with E-state index in [0.717, 1.165) is 4.90 Å². The van der Waals surface area contributed by atoms with E-state index in [9.17, 15) is 14.4 Å². The number of carboxylic acids is 2. The molecule has 2 rings (SSSR count). The number of carbonyl (C=O) groups excluding carboxylic acids is 1. The van der Waals surface area contributed by atoms with Crippen molar-refractivity contribution in [2.75, 3.05) is 11.4 Å². The molecular formula is C17H16N2O5. The van der Waals surface area contributed by atoms with Gasteiger partial charge < -0.3 is 15.9 Å². The zero-order valence-corrected chi connectivity index (χ0v) is 12.7. The predicted molar refractivity (Wildman–Crippen MR) is 87.0 cm³/mol. The minimum Gasteiger partial charge on any atom is -0.480 e. The van der Waals surface area contributed by atoms with E-state index in [0.29, 0.717) is 11.1 Å². The fraction of sp³-hybridized carbons (Fsp3) is 0.118. The van der Waals surface area contributed by atoms with Crippen LogP contribution in [0.2, 0.25) is 0 Å². The van der Waals surface area contributed by atoms with E-state index in [1.807, 2.05) is 0 Å². The van der Waals surface area contributed by atoms with Crippen LogP contribution < -0.4 is 10.6 Å². The van der Waals surface area contributed by atoms with E-state index in [-0.39, 0.29) is 17.8 Å². The third-order valence-corrected chi connectivity index (χ3v) is 3.41. The van der Waals surface area contributed by atoms with Crippen molar-refractivity contribution in [2.24, 2.45) is 5.73 Å². The van der Waals surface area contributed by atoms with Crippen molar-refractivity contribution in [2.45, 2.75) is 6.54 Å². The van der Waals surface area contributed by atoms with Crippen molar-refractivity contribution in [3.8, 4) is 0 Å². The first kappa shape index (κ1) is 17.2. The predicted octanol–water partition coefficient (Wildman–Crippen LogP) is 1.57. The Morgan fingerprint density at radius 2 is 1.67 bits per heavy atom. The van der Waals surface area contributed by atoms with E-state index in [4.69, 9.17) is 15.9 Å². The average Bonchev–Trinajstić information content (AvgIpc) is 2.59. The molecule has 0 radical (unpaired) electrons. The van der Waals surface area contributed by atoms with E-state index in [2.05, 4.69) is 0 Å². The van der Waals surface area contributed by atoms with Gasteiger partial charge in [0.05, 0.1) is 5.56 Å². The SMILES string of the molecule is NCc1cc(N(CC(=O)O)C(=O)c2ccccc2)ccc1C(=O)O. The summed E-state index contributed by atoms with van der Waals surface area (Å²) >= 11 is 0. The molecule has 0 unspecified atom stereocenters. The van der Waals surface area contributed by atoms with Gasteiger partial charge in [0, 0.05) is 17.8 Å². The van der Waals surface area contributed by atoms with Crippen molar-refractivity contribution in [1.82, 2.24) is 0 Å². The van der Waals surface area contributed by atoms with Gasteiger partial charge in [-0.3, -0.25) is 14.5 Å². The number of hydrogen-bond donors (Lipinski definition) is 3. The van der Waals surface area contributed by atoms with E-state index >= 15 is 0 Å². The molecule has 1 amide bonds. The van der Waals surface area contributed by atoms with Crippen LogP contribution in [0.5, 0.6) is 0 Å². The molecule has 0 spiro atoms. The molecule has 0 fully saturated rings. The van der Waals surface area contributed by atoms with Crippen molar-refractivity contribution in [3.63, 3.8) is 0 Å². The Hall–Kier alpha value is -3.19. The fourth-order valence-corrected chi connectivity index (χ4v) is 2.28. The second-order valence-corrected chi connectivity index (χ2v) is 5.00. The highest BCUT2D eigenvalue weighted by molar-refractivity contribution is 6.08. The highest BCUT2D eigenvalue weighted by Crippen LogP contribution is 2.22. The molecule has 2 aromatic rings. The molecule has 2 aromatic carbocycles. The lowest BCUT2D eigenvalue weighted by Crippen LogP contribution is -2.36. The number of carboxylic acid groups (broad SMARTS) is 2. The van der Waals surface area contributed by atoms with Gasteiger partial charge in [-0.1, -0.05) is 18.2 Å². The van der Waals surface area contributed by atoms with Gasteiger partial charge in [-0.15, -0.1) is 0 Å². The van der Waals surface area contributed by atoms with Gasteiger partial charge >= 0.3 is 11.9 Å². The molecule has 7 heteroatoms. The summed E-state index contributed by atoms with van der Waals surface area (Å²) in [5.74, 6) is -2.82. The molecule has 0 aliphatic carbocycles. The van der Waals surface area contributed by atoms with Gasteiger partial charge in [-0.2, -0.15) is 0 Å². The maximum absolute atomic E-state index is 12.6. The first-order chi connectivity index (χ1) is 11.4. The average molecular weight is 328 g/mol. The standard InChI is InChI=1S/C17H16N2O5/c18-9-12-8-13(6-7-14(12)17(23)24)19(10-15(20)21)16(22)11-4-2-1-3-5-11/h1-8H,9-10,18H2,(H,20,21)(H,23,24). The first-order valence-electron chi connectivity index (χ1n) is 7.09. The second kappa shape index (κ2) is 7.38. The molecule has 0 saturated carbocycles. The quantitative estimate of drug-likeness (QED) is 0.740. The number of amides is 1. The summed E-state index contributed by atoms with van der Waals surface area (Å²) in [6, 6.07) is 12.4. The van der Waals surface area contributed by atoms with Gasteiger partial charge in [0.15, 0.2) is 0 Å².